The zero-order chi connectivity index (χ0) is 35.0. The molecule has 0 aliphatic carbocycles. The summed E-state index contributed by atoms with van der Waals surface area (Å²) in [7, 11) is 0. The molecule has 53 heavy (non-hydrogen) atoms. The molecule has 2 heterocycles. The molecule has 0 amide bonds. The average molecular weight is 709 g/mol. The minimum atomic E-state index is 1.25. The SMILES string of the molecule is Cc1ccc(-c2c3ccccc3c(-c3ccc4c(c3)sc3c(-c5c6ccccc6c(-c6ccccc6)c6ccccc56)cccc34)c3ccccc23)s1. The Morgan fingerprint density at radius 2 is 0.811 bits per heavy atom. The summed E-state index contributed by atoms with van der Waals surface area (Å²) in [4.78, 5) is 2.66. The zero-order valence-electron chi connectivity index (χ0n) is 29.1. The molecule has 0 saturated heterocycles. The maximum Gasteiger partial charge on any atom is 0.0434 e. The third kappa shape index (κ3) is 4.66. The number of benzene rings is 9. The van der Waals surface area contributed by atoms with Gasteiger partial charge in [-0.05, 0) is 96.0 Å². The smallest absolute Gasteiger partial charge is 0.0434 e. The molecule has 0 bridgehead atoms. The van der Waals surface area contributed by atoms with Crippen LogP contribution in [0.1, 0.15) is 4.88 Å². The number of aryl methyl sites for hydroxylation is 1. The van der Waals surface area contributed by atoms with E-state index in [4.69, 9.17) is 0 Å². The number of rotatable bonds is 4. The summed E-state index contributed by atoms with van der Waals surface area (Å²) in [6.07, 6.45) is 0. The van der Waals surface area contributed by atoms with E-state index >= 15 is 0 Å². The summed E-state index contributed by atoms with van der Waals surface area (Å²) in [5.74, 6) is 0. The molecule has 0 spiro atoms. The lowest BCUT2D eigenvalue weighted by Gasteiger charge is -2.18. The molecular weight excluding hydrogens is 677 g/mol. The molecule has 2 heteroatoms. The van der Waals surface area contributed by atoms with Crippen LogP contribution in [0.4, 0.5) is 0 Å². The number of fused-ring (bicyclic) bond motifs is 7. The van der Waals surface area contributed by atoms with Gasteiger partial charge in [-0.1, -0.05) is 158 Å². The summed E-state index contributed by atoms with van der Waals surface area (Å²) in [5, 5.41) is 13.0. The molecule has 0 atom stereocenters. The van der Waals surface area contributed by atoms with Gasteiger partial charge in [0, 0.05) is 41.1 Å². The van der Waals surface area contributed by atoms with Crippen molar-refractivity contribution >= 4 is 85.9 Å². The van der Waals surface area contributed by atoms with Crippen LogP contribution in [0, 0.1) is 6.92 Å². The molecule has 0 radical (unpaired) electrons. The Hall–Kier alpha value is -6.06. The van der Waals surface area contributed by atoms with Crippen LogP contribution in [0.25, 0.3) is 107 Å². The van der Waals surface area contributed by atoms with E-state index in [1.165, 1.54) is 112 Å². The first-order valence-corrected chi connectivity index (χ1v) is 19.8. The second-order valence-corrected chi connectivity index (χ2v) is 16.3. The molecule has 11 aromatic rings. The van der Waals surface area contributed by atoms with Crippen LogP contribution in [0.5, 0.6) is 0 Å². The Kier molecular flexibility index (Phi) is 6.92. The van der Waals surface area contributed by atoms with Crippen molar-refractivity contribution in [1.29, 1.82) is 0 Å². The van der Waals surface area contributed by atoms with E-state index in [0.717, 1.165) is 0 Å². The Balaban J connectivity index is 1.17. The van der Waals surface area contributed by atoms with E-state index in [1.54, 1.807) is 0 Å². The van der Waals surface area contributed by atoms with Gasteiger partial charge in [0.25, 0.3) is 0 Å². The normalized spacial score (nSPS) is 11.9. The maximum absolute atomic E-state index is 2.45. The molecule has 9 aromatic carbocycles. The largest absolute Gasteiger partial charge is 0.141 e. The first kappa shape index (κ1) is 30.6. The van der Waals surface area contributed by atoms with Crippen molar-refractivity contribution in [2.75, 3.05) is 0 Å². The summed E-state index contributed by atoms with van der Waals surface area (Å²) < 4.78 is 2.64. The average Bonchev–Trinajstić information content (AvgIpc) is 3.82. The predicted octanol–water partition coefficient (Wildman–Crippen LogP) is 15.7. The highest BCUT2D eigenvalue weighted by atomic mass is 32.1. The van der Waals surface area contributed by atoms with Gasteiger partial charge in [-0.25, -0.2) is 0 Å². The number of thiophene rings is 2. The van der Waals surface area contributed by atoms with Gasteiger partial charge in [0.1, 0.15) is 0 Å². The van der Waals surface area contributed by atoms with Gasteiger partial charge in [0.15, 0.2) is 0 Å². The quantitative estimate of drug-likeness (QED) is 0.160. The fourth-order valence-electron chi connectivity index (χ4n) is 8.76. The summed E-state index contributed by atoms with van der Waals surface area (Å²) >= 11 is 3.80. The molecule has 0 N–H and O–H groups in total. The van der Waals surface area contributed by atoms with Crippen LogP contribution in [-0.2, 0) is 0 Å². The van der Waals surface area contributed by atoms with Gasteiger partial charge in [-0.15, -0.1) is 22.7 Å². The van der Waals surface area contributed by atoms with Crippen molar-refractivity contribution in [3.63, 3.8) is 0 Å². The van der Waals surface area contributed by atoms with Crippen LogP contribution >= 0.6 is 22.7 Å². The lowest BCUT2D eigenvalue weighted by molar-refractivity contribution is 1.64. The van der Waals surface area contributed by atoms with E-state index in [1.807, 2.05) is 22.7 Å². The van der Waals surface area contributed by atoms with E-state index in [-0.39, 0.29) is 0 Å². The molecular formula is C51H32S2. The predicted molar refractivity (Wildman–Crippen MR) is 234 cm³/mol. The van der Waals surface area contributed by atoms with Crippen LogP contribution < -0.4 is 0 Å². The molecule has 0 nitrogen and oxygen atoms in total. The van der Waals surface area contributed by atoms with E-state index in [0.29, 0.717) is 0 Å². The first-order chi connectivity index (χ1) is 26.2. The third-order valence-electron chi connectivity index (χ3n) is 11.0. The van der Waals surface area contributed by atoms with Crippen molar-refractivity contribution < 1.29 is 0 Å². The van der Waals surface area contributed by atoms with Crippen LogP contribution in [0.2, 0.25) is 0 Å². The highest BCUT2D eigenvalue weighted by molar-refractivity contribution is 7.26. The van der Waals surface area contributed by atoms with E-state index in [9.17, 15) is 0 Å². The summed E-state index contributed by atoms with van der Waals surface area (Å²) in [6.45, 7) is 2.20. The molecule has 11 rings (SSSR count). The van der Waals surface area contributed by atoms with Gasteiger partial charge in [-0.2, -0.15) is 0 Å². The highest BCUT2D eigenvalue weighted by Crippen LogP contribution is 2.50. The van der Waals surface area contributed by atoms with Gasteiger partial charge in [0.2, 0.25) is 0 Å². The van der Waals surface area contributed by atoms with Crippen molar-refractivity contribution in [2.45, 2.75) is 6.92 Å². The van der Waals surface area contributed by atoms with Gasteiger partial charge in [0.05, 0.1) is 0 Å². The van der Waals surface area contributed by atoms with Crippen LogP contribution in [-0.4, -0.2) is 0 Å². The summed E-state index contributed by atoms with van der Waals surface area (Å²) in [5.41, 5.74) is 9.05. The summed E-state index contributed by atoms with van der Waals surface area (Å²) in [6, 6.07) is 65.3. The minimum absolute atomic E-state index is 1.25. The lowest BCUT2D eigenvalue weighted by Crippen LogP contribution is -1.90. The van der Waals surface area contributed by atoms with Gasteiger partial charge < -0.3 is 0 Å². The molecule has 248 valence electrons. The van der Waals surface area contributed by atoms with Gasteiger partial charge in [-0.3, -0.25) is 0 Å². The Labute approximate surface area is 315 Å². The molecule has 0 aliphatic heterocycles. The fourth-order valence-corrected chi connectivity index (χ4v) is 11.0. The lowest BCUT2D eigenvalue weighted by atomic mass is 9.85. The van der Waals surface area contributed by atoms with E-state index < -0.39 is 0 Å². The minimum Gasteiger partial charge on any atom is -0.141 e. The van der Waals surface area contributed by atoms with E-state index in [2.05, 4.69) is 183 Å². The molecule has 0 unspecified atom stereocenters. The van der Waals surface area contributed by atoms with Crippen molar-refractivity contribution in [3.05, 3.63) is 181 Å². The highest BCUT2D eigenvalue weighted by Gasteiger charge is 2.21. The topological polar surface area (TPSA) is 0 Å². The monoisotopic (exact) mass is 708 g/mol. The Morgan fingerprint density at radius 1 is 0.321 bits per heavy atom. The Morgan fingerprint density at radius 3 is 1.36 bits per heavy atom. The van der Waals surface area contributed by atoms with Crippen molar-refractivity contribution in [3.8, 4) is 43.8 Å². The fraction of sp³-hybridized carbons (Fsp3) is 0.0196. The van der Waals surface area contributed by atoms with Gasteiger partial charge >= 0.3 is 0 Å². The zero-order valence-corrected chi connectivity index (χ0v) is 30.7. The van der Waals surface area contributed by atoms with Crippen molar-refractivity contribution in [1.82, 2.24) is 0 Å². The van der Waals surface area contributed by atoms with Crippen LogP contribution in [0.3, 0.4) is 0 Å². The molecule has 2 aromatic heterocycles. The third-order valence-corrected chi connectivity index (χ3v) is 13.2. The standard InChI is InChI=1S/C51H32S2/c1-31-26-29-45(52-31)50-41-22-11-7-18-37(41)48(38-19-8-12-23-42(38)50)33-27-28-34-43-24-13-25-44(51(43)53-46(34)30-33)49-39-20-9-5-16-35(39)47(32-14-3-2-4-15-32)36-17-6-10-21-40(36)49/h2-30H,1H3. The Bertz CT molecular complexity index is 3120. The number of hydrogen-bond acceptors (Lipinski definition) is 2. The number of hydrogen-bond donors (Lipinski definition) is 0. The maximum atomic E-state index is 2.45. The molecule has 0 aliphatic rings. The second-order valence-electron chi connectivity index (χ2n) is 14.0. The first-order valence-electron chi connectivity index (χ1n) is 18.2. The molecule has 0 fully saturated rings. The van der Waals surface area contributed by atoms with Crippen LogP contribution in [0.15, 0.2) is 176 Å². The molecule has 0 saturated carbocycles. The second kappa shape index (κ2) is 12.0. The van der Waals surface area contributed by atoms with Crippen molar-refractivity contribution in [2.24, 2.45) is 0 Å².